The van der Waals surface area contributed by atoms with E-state index in [1.165, 1.54) is 0 Å². The SMILES string of the molecule is O=C(O)C(F)Oc1ccc(F)cc1Br. The van der Waals surface area contributed by atoms with Gasteiger partial charge in [-0.25, -0.2) is 9.18 Å². The molecule has 0 aliphatic rings. The maximum atomic E-state index is 12.6. The molecule has 14 heavy (non-hydrogen) atoms. The van der Waals surface area contributed by atoms with Crippen LogP contribution in [0.25, 0.3) is 0 Å². The third-order valence-corrected chi connectivity index (χ3v) is 1.94. The van der Waals surface area contributed by atoms with Crippen molar-refractivity contribution < 1.29 is 23.4 Å². The van der Waals surface area contributed by atoms with Gasteiger partial charge in [-0.05, 0) is 34.1 Å². The van der Waals surface area contributed by atoms with Crippen molar-refractivity contribution in [2.75, 3.05) is 0 Å². The second-order valence-corrected chi connectivity index (χ2v) is 3.20. The van der Waals surface area contributed by atoms with Crippen molar-refractivity contribution in [1.82, 2.24) is 0 Å². The van der Waals surface area contributed by atoms with E-state index in [0.717, 1.165) is 18.2 Å². The van der Waals surface area contributed by atoms with Gasteiger partial charge in [-0.3, -0.25) is 0 Å². The Bertz CT molecular complexity index is 356. The molecule has 0 aliphatic heterocycles. The summed E-state index contributed by atoms with van der Waals surface area (Å²) in [5.41, 5.74) is 0. The second-order valence-electron chi connectivity index (χ2n) is 2.35. The van der Waals surface area contributed by atoms with Gasteiger partial charge in [0.15, 0.2) is 0 Å². The molecule has 0 aromatic heterocycles. The van der Waals surface area contributed by atoms with E-state index in [1.807, 2.05) is 0 Å². The van der Waals surface area contributed by atoms with E-state index in [4.69, 9.17) is 5.11 Å². The molecular formula is C8H5BrF2O3. The fraction of sp³-hybridized carbons (Fsp3) is 0.125. The fourth-order valence-corrected chi connectivity index (χ4v) is 1.18. The van der Waals surface area contributed by atoms with Gasteiger partial charge in [0.1, 0.15) is 11.6 Å². The maximum Gasteiger partial charge on any atom is 0.378 e. The molecule has 1 unspecified atom stereocenters. The van der Waals surface area contributed by atoms with E-state index in [0.29, 0.717) is 0 Å². The van der Waals surface area contributed by atoms with Crippen molar-refractivity contribution in [3.63, 3.8) is 0 Å². The number of hydrogen-bond donors (Lipinski definition) is 1. The van der Waals surface area contributed by atoms with Crippen molar-refractivity contribution in [2.45, 2.75) is 6.36 Å². The molecule has 1 atom stereocenters. The molecule has 6 heteroatoms. The van der Waals surface area contributed by atoms with Crippen molar-refractivity contribution in [3.8, 4) is 5.75 Å². The smallest absolute Gasteiger partial charge is 0.378 e. The molecule has 76 valence electrons. The number of carbonyl (C=O) groups is 1. The highest BCUT2D eigenvalue weighted by Gasteiger charge is 2.18. The third-order valence-electron chi connectivity index (χ3n) is 1.32. The van der Waals surface area contributed by atoms with Gasteiger partial charge in [0.05, 0.1) is 4.47 Å². The summed E-state index contributed by atoms with van der Waals surface area (Å²) >= 11 is 2.90. The highest BCUT2D eigenvalue weighted by atomic mass is 79.9. The van der Waals surface area contributed by atoms with Crippen LogP contribution in [0.2, 0.25) is 0 Å². The Kier molecular flexibility index (Phi) is 3.40. The second kappa shape index (κ2) is 4.36. The molecule has 0 aliphatic carbocycles. The van der Waals surface area contributed by atoms with Crippen LogP contribution in [0.15, 0.2) is 22.7 Å². The first-order chi connectivity index (χ1) is 6.50. The van der Waals surface area contributed by atoms with Gasteiger partial charge in [0, 0.05) is 0 Å². The van der Waals surface area contributed by atoms with Gasteiger partial charge in [-0.1, -0.05) is 0 Å². The topological polar surface area (TPSA) is 46.5 Å². The zero-order valence-electron chi connectivity index (χ0n) is 6.71. The van der Waals surface area contributed by atoms with Crippen molar-refractivity contribution in [1.29, 1.82) is 0 Å². The zero-order chi connectivity index (χ0) is 10.7. The Labute approximate surface area is 86.4 Å². The zero-order valence-corrected chi connectivity index (χ0v) is 8.29. The lowest BCUT2D eigenvalue weighted by Gasteiger charge is -2.08. The number of halogens is 3. The molecule has 1 aromatic rings. The predicted molar refractivity (Wildman–Crippen MR) is 47.3 cm³/mol. The maximum absolute atomic E-state index is 12.6. The van der Waals surface area contributed by atoms with Gasteiger partial charge in [-0.15, -0.1) is 0 Å². The normalized spacial score (nSPS) is 12.2. The lowest BCUT2D eigenvalue weighted by atomic mass is 10.3. The summed E-state index contributed by atoms with van der Waals surface area (Å²) in [5, 5.41) is 8.20. The minimum atomic E-state index is -2.46. The molecule has 0 heterocycles. The Morgan fingerprint density at radius 3 is 2.71 bits per heavy atom. The molecule has 1 rings (SSSR count). The molecule has 0 fully saturated rings. The van der Waals surface area contributed by atoms with Crippen molar-refractivity contribution in [3.05, 3.63) is 28.5 Å². The highest BCUT2D eigenvalue weighted by Crippen LogP contribution is 2.26. The largest absolute Gasteiger partial charge is 0.476 e. The lowest BCUT2D eigenvalue weighted by Crippen LogP contribution is -2.21. The minimum Gasteiger partial charge on any atom is -0.476 e. The number of aliphatic carboxylic acids is 1. The van der Waals surface area contributed by atoms with Crippen LogP contribution >= 0.6 is 15.9 Å². The molecule has 0 spiro atoms. The van der Waals surface area contributed by atoms with Crippen LogP contribution < -0.4 is 4.74 Å². The molecule has 0 saturated heterocycles. The summed E-state index contributed by atoms with van der Waals surface area (Å²) in [6, 6.07) is 3.22. The van der Waals surface area contributed by atoms with Gasteiger partial charge >= 0.3 is 12.3 Å². The molecule has 1 N–H and O–H groups in total. The standard InChI is InChI=1S/C8H5BrF2O3/c9-5-3-4(10)1-2-6(5)14-7(11)8(12)13/h1-3,7H,(H,12,13). The van der Waals surface area contributed by atoms with Crippen LogP contribution in [0, 0.1) is 5.82 Å². The summed E-state index contributed by atoms with van der Waals surface area (Å²) in [7, 11) is 0. The van der Waals surface area contributed by atoms with Gasteiger partial charge in [0.2, 0.25) is 0 Å². The molecule has 1 aromatic carbocycles. The number of alkyl halides is 1. The van der Waals surface area contributed by atoms with E-state index in [9.17, 15) is 13.6 Å². The Hall–Kier alpha value is -1.17. The van der Waals surface area contributed by atoms with Crippen LogP contribution in [0.4, 0.5) is 8.78 Å². The highest BCUT2D eigenvalue weighted by molar-refractivity contribution is 9.10. The average molecular weight is 267 g/mol. The van der Waals surface area contributed by atoms with E-state index < -0.39 is 18.1 Å². The summed E-state index contributed by atoms with van der Waals surface area (Å²) in [6.45, 7) is 0. The third kappa shape index (κ3) is 2.66. The van der Waals surface area contributed by atoms with Crippen LogP contribution in [-0.4, -0.2) is 17.4 Å². The first-order valence-electron chi connectivity index (χ1n) is 3.49. The number of carboxylic acid groups (broad SMARTS) is 1. The Balaban J connectivity index is 2.82. The molecule has 0 radical (unpaired) electrons. The Morgan fingerprint density at radius 1 is 1.57 bits per heavy atom. The van der Waals surface area contributed by atoms with E-state index in [1.54, 1.807) is 0 Å². The number of benzene rings is 1. The number of ether oxygens (including phenoxy) is 1. The summed E-state index contributed by atoms with van der Waals surface area (Å²) in [6.07, 6.45) is -2.46. The van der Waals surface area contributed by atoms with Crippen LogP contribution in [-0.2, 0) is 4.79 Å². The number of carboxylic acids is 1. The first kappa shape index (κ1) is 10.9. The van der Waals surface area contributed by atoms with Crippen LogP contribution in [0.1, 0.15) is 0 Å². The van der Waals surface area contributed by atoms with Gasteiger partial charge in [-0.2, -0.15) is 4.39 Å². The monoisotopic (exact) mass is 266 g/mol. The Morgan fingerprint density at radius 2 is 2.21 bits per heavy atom. The first-order valence-corrected chi connectivity index (χ1v) is 4.28. The summed E-state index contributed by atoms with van der Waals surface area (Å²) in [5.74, 6) is -2.34. The average Bonchev–Trinajstić information content (AvgIpc) is 2.09. The number of hydrogen-bond acceptors (Lipinski definition) is 2. The molecule has 0 amide bonds. The van der Waals surface area contributed by atoms with Crippen molar-refractivity contribution in [2.24, 2.45) is 0 Å². The quantitative estimate of drug-likeness (QED) is 0.914. The molecule has 3 nitrogen and oxygen atoms in total. The van der Waals surface area contributed by atoms with Crippen LogP contribution in [0.3, 0.4) is 0 Å². The number of rotatable bonds is 3. The van der Waals surface area contributed by atoms with E-state index in [-0.39, 0.29) is 10.2 Å². The van der Waals surface area contributed by atoms with Gasteiger partial charge < -0.3 is 9.84 Å². The molecule has 0 saturated carbocycles. The lowest BCUT2D eigenvalue weighted by molar-refractivity contribution is -0.153. The molecule has 0 bridgehead atoms. The fourth-order valence-electron chi connectivity index (χ4n) is 0.733. The summed E-state index contributed by atoms with van der Waals surface area (Å²) in [4.78, 5) is 10.1. The summed E-state index contributed by atoms with van der Waals surface area (Å²) < 4.78 is 29.6. The van der Waals surface area contributed by atoms with Crippen LogP contribution in [0.5, 0.6) is 5.75 Å². The van der Waals surface area contributed by atoms with E-state index >= 15 is 0 Å². The molecular weight excluding hydrogens is 262 g/mol. The predicted octanol–water partition coefficient (Wildman–Crippen LogP) is 2.35. The van der Waals surface area contributed by atoms with E-state index in [2.05, 4.69) is 20.7 Å². The minimum absolute atomic E-state index is 0.0682. The van der Waals surface area contributed by atoms with Crippen molar-refractivity contribution >= 4 is 21.9 Å². The van der Waals surface area contributed by atoms with Gasteiger partial charge in [0.25, 0.3) is 0 Å².